The third-order valence-electron chi connectivity index (χ3n) is 6.40. The highest BCUT2D eigenvalue weighted by Gasteiger charge is 2.23. The first-order valence-corrected chi connectivity index (χ1v) is 13.4. The van der Waals surface area contributed by atoms with Gasteiger partial charge in [0.2, 0.25) is 10.0 Å². The van der Waals surface area contributed by atoms with Gasteiger partial charge in [0.25, 0.3) is 5.56 Å². The van der Waals surface area contributed by atoms with Gasteiger partial charge in [-0.15, -0.1) is 0 Å². The molecule has 0 amide bonds. The maximum absolute atomic E-state index is 13.6. The monoisotopic (exact) mass is 488 g/mol. The van der Waals surface area contributed by atoms with Crippen LogP contribution in [0.3, 0.4) is 0 Å². The number of piperidine rings is 1. The average Bonchev–Trinajstić information content (AvgIpc) is 2.89. The van der Waals surface area contributed by atoms with Crippen molar-refractivity contribution in [1.29, 1.82) is 0 Å². The Kier molecular flexibility index (Phi) is 6.40. The zero-order valence-corrected chi connectivity index (χ0v) is 20.4. The van der Waals surface area contributed by atoms with Gasteiger partial charge in [-0.05, 0) is 74.7 Å². The molecule has 1 unspecified atom stereocenters. The highest BCUT2D eigenvalue weighted by molar-refractivity contribution is 7.89. The Morgan fingerprint density at radius 3 is 2.17 bits per heavy atom. The number of para-hydroxylation sites is 1. The summed E-state index contributed by atoms with van der Waals surface area (Å²) in [6, 6.07) is 22.4. The summed E-state index contributed by atoms with van der Waals surface area (Å²) >= 11 is 0. The molecule has 0 aliphatic carbocycles. The number of nitrogens with zero attached hydrogens (tertiary/aromatic N) is 3. The minimum atomic E-state index is -3.81. The molecule has 1 aliphatic rings. The number of rotatable bonds is 6. The molecule has 0 bridgehead atoms. The predicted molar refractivity (Wildman–Crippen MR) is 139 cm³/mol. The topological polar surface area (TPSA) is 84.3 Å². The summed E-state index contributed by atoms with van der Waals surface area (Å²) in [4.78, 5) is 20.9. The van der Waals surface area contributed by atoms with E-state index in [0.717, 1.165) is 18.8 Å². The smallest absolute Gasteiger partial charge is 0.266 e. The Balaban J connectivity index is 1.58. The zero-order valence-electron chi connectivity index (χ0n) is 19.6. The van der Waals surface area contributed by atoms with E-state index in [9.17, 15) is 13.2 Å². The number of anilines is 1. The van der Waals surface area contributed by atoms with E-state index in [1.165, 1.54) is 36.0 Å². The van der Waals surface area contributed by atoms with E-state index in [0.29, 0.717) is 22.4 Å². The molecule has 180 valence electrons. The largest absolute Gasteiger partial charge is 0.372 e. The van der Waals surface area contributed by atoms with Crippen LogP contribution in [0.5, 0.6) is 0 Å². The third kappa shape index (κ3) is 4.72. The number of nitrogens with one attached hydrogen (secondary N) is 1. The maximum Gasteiger partial charge on any atom is 0.266 e. The second kappa shape index (κ2) is 9.64. The summed E-state index contributed by atoms with van der Waals surface area (Å²) in [5.74, 6) is 0.332. The summed E-state index contributed by atoms with van der Waals surface area (Å²) in [6.07, 6.45) is 3.62. The predicted octanol–water partition coefficient (Wildman–Crippen LogP) is 4.42. The van der Waals surface area contributed by atoms with Crippen LogP contribution in [-0.2, 0) is 10.0 Å². The Hall–Kier alpha value is -3.49. The van der Waals surface area contributed by atoms with Gasteiger partial charge < -0.3 is 4.90 Å². The fourth-order valence-corrected chi connectivity index (χ4v) is 5.83. The van der Waals surface area contributed by atoms with Crippen LogP contribution in [0.1, 0.15) is 38.1 Å². The Morgan fingerprint density at radius 2 is 1.46 bits per heavy atom. The van der Waals surface area contributed by atoms with E-state index in [2.05, 4.69) is 9.62 Å². The van der Waals surface area contributed by atoms with E-state index in [-0.39, 0.29) is 10.5 Å². The lowest BCUT2D eigenvalue weighted by molar-refractivity contribution is 0.555. The molecule has 2 heterocycles. The molecule has 35 heavy (non-hydrogen) atoms. The van der Waals surface area contributed by atoms with Crippen molar-refractivity contribution in [3.05, 3.63) is 95.0 Å². The van der Waals surface area contributed by atoms with Crippen LogP contribution >= 0.6 is 0 Å². The molecule has 0 radical (unpaired) electrons. The molecule has 4 aromatic rings. The molecule has 1 fully saturated rings. The summed E-state index contributed by atoms with van der Waals surface area (Å²) in [5, 5.41) is 0.481. The molecule has 1 atom stereocenters. The van der Waals surface area contributed by atoms with Gasteiger partial charge in [0.05, 0.1) is 27.5 Å². The van der Waals surface area contributed by atoms with E-state index in [4.69, 9.17) is 4.98 Å². The first-order valence-electron chi connectivity index (χ1n) is 11.9. The molecular formula is C27H28N4O3S. The molecule has 5 rings (SSSR count). The Labute approximate surface area is 205 Å². The van der Waals surface area contributed by atoms with E-state index >= 15 is 0 Å². The summed E-state index contributed by atoms with van der Waals surface area (Å²) < 4.78 is 30.2. The van der Waals surface area contributed by atoms with Crippen LogP contribution in [0.4, 0.5) is 5.69 Å². The van der Waals surface area contributed by atoms with Crippen molar-refractivity contribution < 1.29 is 8.42 Å². The normalized spacial score (nSPS) is 15.3. The molecule has 1 N–H and O–H groups in total. The van der Waals surface area contributed by atoms with Crippen LogP contribution in [0.15, 0.2) is 88.6 Å². The molecule has 1 aliphatic heterocycles. The molecule has 0 spiro atoms. The molecular weight excluding hydrogens is 460 g/mol. The van der Waals surface area contributed by atoms with Crippen LogP contribution in [0.2, 0.25) is 0 Å². The van der Waals surface area contributed by atoms with Crippen molar-refractivity contribution >= 4 is 26.6 Å². The van der Waals surface area contributed by atoms with Gasteiger partial charge in [-0.2, -0.15) is 0 Å². The minimum absolute atomic E-state index is 0.160. The standard InChI is InChI=1S/C27H28N4O3S/c1-20(29-35(33,34)23-10-4-2-5-11-23)26-28-25-13-7-6-12-24(25)27(32)31(26)22-16-14-21(15-17-22)30-18-8-3-9-19-30/h2,4-7,10-17,20,29H,3,8-9,18-19H2,1H3. The third-order valence-corrected chi connectivity index (χ3v) is 7.96. The molecule has 7 nitrogen and oxygen atoms in total. The van der Waals surface area contributed by atoms with Gasteiger partial charge in [-0.1, -0.05) is 30.3 Å². The maximum atomic E-state index is 13.6. The second-order valence-electron chi connectivity index (χ2n) is 8.85. The van der Waals surface area contributed by atoms with Crippen LogP contribution in [0.25, 0.3) is 16.6 Å². The fraction of sp³-hybridized carbons (Fsp3) is 0.259. The SMILES string of the molecule is CC(NS(=O)(=O)c1ccccc1)c1nc2ccccc2c(=O)n1-c1ccc(N2CCCCC2)cc1. The highest BCUT2D eigenvalue weighted by Crippen LogP contribution is 2.24. The van der Waals surface area contributed by atoms with Gasteiger partial charge in [-0.25, -0.2) is 18.1 Å². The highest BCUT2D eigenvalue weighted by atomic mass is 32.2. The molecule has 1 saturated heterocycles. The lowest BCUT2D eigenvalue weighted by Gasteiger charge is -2.29. The van der Waals surface area contributed by atoms with Gasteiger partial charge >= 0.3 is 0 Å². The van der Waals surface area contributed by atoms with Crippen molar-refractivity contribution in [3.63, 3.8) is 0 Å². The zero-order chi connectivity index (χ0) is 24.4. The first-order chi connectivity index (χ1) is 16.9. The number of hydrogen-bond acceptors (Lipinski definition) is 5. The van der Waals surface area contributed by atoms with Gasteiger partial charge in [0.1, 0.15) is 5.82 Å². The fourth-order valence-electron chi connectivity index (χ4n) is 4.61. The summed E-state index contributed by atoms with van der Waals surface area (Å²) in [5.41, 5.74) is 2.06. The number of fused-ring (bicyclic) bond motifs is 1. The Morgan fingerprint density at radius 1 is 0.829 bits per heavy atom. The molecule has 1 aromatic heterocycles. The van der Waals surface area contributed by atoms with Crippen molar-refractivity contribution in [2.45, 2.75) is 37.1 Å². The first kappa shape index (κ1) is 23.3. The molecule has 3 aromatic carbocycles. The van der Waals surface area contributed by atoms with Gasteiger partial charge in [0, 0.05) is 18.8 Å². The Bertz CT molecular complexity index is 1490. The minimum Gasteiger partial charge on any atom is -0.372 e. The van der Waals surface area contributed by atoms with Crippen LogP contribution in [-0.4, -0.2) is 31.1 Å². The summed E-state index contributed by atoms with van der Waals surface area (Å²) in [6.45, 7) is 3.76. The summed E-state index contributed by atoms with van der Waals surface area (Å²) in [7, 11) is -3.81. The number of benzene rings is 3. The molecule has 0 saturated carbocycles. The van der Waals surface area contributed by atoms with Crippen molar-refractivity contribution in [2.24, 2.45) is 0 Å². The second-order valence-corrected chi connectivity index (χ2v) is 10.6. The van der Waals surface area contributed by atoms with Crippen LogP contribution < -0.4 is 15.2 Å². The number of aromatic nitrogens is 2. The lowest BCUT2D eigenvalue weighted by Crippen LogP contribution is -2.33. The van der Waals surface area contributed by atoms with Gasteiger partial charge in [-0.3, -0.25) is 9.36 Å². The lowest BCUT2D eigenvalue weighted by atomic mass is 10.1. The number of hydrogen-bond donors (Lipinski definition) is 1. The van der Waals surface area contributed by atoms with E-state index < -0.39 is 16.1 Å². The quantitative estimate of drug-likeness (QED) is 0.435. The van der Waals surface area contributed by atoms with Gasteiger partial charge in [0.15, 0.2) is 0 Å². The van der Waals surface area contributed by atoms with E-state index in [1.54, 1.807) is 43.3 Å². The van der Waals surface area contributed by atoms with Crippen molar-refractivity contribution in [1.82, 2.24) is 14.3 Å². The van der Waals surface area contributed by atoms with Crippen molar-refractivity contribution in [2.75, 3.05) is 18.0 Å². The molecule has 8 heteroatoms. The van der Waals surface area contributed by atoms with E-state index in [1.807, 2.05) is 30.3 Å². The van der Waals surface area contributed by atoms with Crippen LogP contribution in [0, 0.1) is 0 Å². The number of sulfonamides is 1. The van der Waals surface area contributed by atoms with Crippen molar-refractivity contribution in [3.8, 4) is 5.69 Å². The average molecular weight is 489 g/mol.